The van der Waals surface area contributed by atoms with E-state index in [0.717, 1.165) is 25.9 Å². The average molecular weight is 284 g/mol. The van der Waals surface area contributed by atoms with Gasteiger partial charge in [-0.1, -0.05) is 26.3 Å². The smallest absolute Gasteiger partial charge is 0.272 e. The molecule has 1 aromatic heterocycles. The first-order chi connectivity index (χ1) is 8.54. The number of nitrogens with two attached hydrogens (primary N) is 1. The van der Waals surface area contributed by atoms with E-state index in [1.54, 1.807) is 18.2 Å². The third-order valence-corrected chi connectivity index (χ3v) is 4.10. The number of hydrogen-bond donors (Lipinski definition) is 1. The van der Waals surface area contributed by atoms with Crippen LogP contribution in [-0.4, -0.2) is 28.9 Å². The van der Waals surface area contributed by atoms with E-state index < -0.39 is 0 Å². The lowest BCUT2D eigenvalue weighted by atomic mass is 9.78. The van der Waals surface area contributed by atoms with Crippen molar-refractivity contribution in [3.8, 4) is 0 Å². The van der Waals surface area contributed by atoms with Crippen molar-refractivity contribution in [1.29, 1.82) is 0 Å². The minimum atomic E-state index is 0. The molecule has 19 heavy (non-hydrogen) atoms. The van der Waals surface area contributed by atoms with E-state index >= 15 is 0 Å². The molecule has 106 valence electrons. The van der Waals surface area contributed by atoms with E-state index in [0.29, 0.717) is 16.9 Å². The molecule has 0 aliphatic carbocycles. The highest BCUT2D eigenvalue weighted by Crippen LogP contribution is 2.34. The Bertz CT molecular complexity index is 442. The van der Waals surface area contributed by atoms with Gasteiger partial charge in [-0.05, 0) is 30.4 Å². The average Bonchev–Trinajstić information content (AvgIpc) is 2.39. The molecule has 0 bridgehead atoms. The summed E-state index contributed by atoms with van der Waals surface area (Å²) in [5.74, 6) is 0.400. The van der Waals surface area contributed by atoms with Crippen molar-refractivity contribution >= 4 is 24.1 Å². The lowest BCUT2D eigenvalue weighted by molar-refractivity contribution is 0.0595. The Morgan fingerprint density at radius 1 is 1.42 bits per heavy atom. The highest BCUT2D eigenvalue weighted by Gasteiger charge is 2.30. The van der Waals surface area contributed by atoms with Gasteiger partial charge in [0.25, 0.3) is 5.91 Å². The summed E-state index contributed by atoms with van der Waals surface area (Å²) in [5.41, 5.74) is 6.45. The number of hydrogen-bond acceptors (Lipinski definition) is 3. The maximum Gasteiger partial charge on any atom is 0.272 e. The number of pyridine rings is 1. The highest BCUT2D eigenvalue weighted by molar-refractivity contribution is 5.92. The Morgan fingerprint density at radius 3 is 2.58 bits per heavy atom. The molecule has 0 saturated carbocycles. The summed E-state index contributed by atoms with van der Waals surface area (Å²) in [6.45, 7) is 6.16. The topological polar surface area (TPSA) is 59.2 Å². The number of aromatic nitrogens is 1. The standard InChI is InChI=1S/C14H21N3O.ClH/c1-3-14(2)7-9-17(10-8-14)13(18)11-5-4-6-12(15)16-11;/h4-6H,3,7-10H2,1-2H3,(H2,15,16);1H. The lowest BCUT2D eigenvalue weighted by Crippen LogP contribution is -2.42. The molecule has 1 saturated heterocycles. The fourth-order valence-corrected chi connectivity index (χ4v) is 2.34. The molecule has 1 amide bonds. The number of amides is 1. The molecular weight excluding hydrogens is 262 g/mol. The molecule has 2 N–H and O–H groups in total. The van der Waals surface area contributed by atoms with E-state index in [1.165, 1.54) is 6.42 Å². The van der Waals surface area contributed by atoms with Crippen LogP contribution in [0.15, 0.2) is 18.2 Å². The first-order valence-corrected chi connectivity index (χ1v) is 6.56. The second-order valence-corrected chi connectivity index (χ2v) is 5.40. The van der Waals surface area contributed by atoms with Crippen molar-refractivity contribution in [3.05, 3.63) is 23.9 Å². The molecule has 0 radical (unpaired) electrons. The second-order valence-electron chi connectivity index (χ2n) is 5.40. The van der Waals surface area contributed by atoms with Gasteiger partial charge in [0.15, 0.2) is 0 Å². The fourth-order valence-electron chi connectivity index (χ4n) is 2.34. The SMILES string of the molecule is CCC1(C)CCN(C(=O)c2cccc(N)n2)CC1.Cl. The van der Waals surface area contributed by atoms with Gasteiger partial charge in [-0.15, -0.1) is 12.4 Å². The van der Waals surface area contributed by atoms with Gasteiger partial charge in [0.2, 0.25) is 0 Å². The molecule has 1 aromatic rings. The number of piperidine rings is 1. The van der Waals surface area contributed by atoms with Crippen molar-refractivity contribution in [2.75, 3.05) is 18.8 Å². The van der Waals surface area contributed by atoms with Crippen molar-refractivity contribution in [2.24, 2.45) is 5.41 Å². The van der Waals surface area contributed by atoms with E-state index in [1.807, 2.05) is 4.90 Å². The zero-order chi connectivity index (χ0) is 13.2. The molecule has 2 heterocycles. The maximum atomic E-state index is 12.3. The minimum absolute atomic E-state index is 0. The molecule has 1 aliphatic heterocycles. The van der Waals surface area contributed by atoms with Crippen LogP contribution in [0.1, 0.15) is 43.6 Å². The predicted octanol–water partition coefficient (Wildman–Crippen LogP) is 2.74. The molecule has 0 spiro atoms. The molecular formula is C14H22ClN3O. The zero-order valence-corrected chi connectivity index (χ0v) is 12.4. The van der Waals surface area contributed by atoms with E-state index in [-0.39, 0.29) is 18.3 Å². The van der Waals surface area contributed by atoms with Gasteiger partial charge < -0.3 is 10.6 Å². The van der Waals surface area contributed by atoms with Gasteiger partial charge in [0.1, 0.15) is 11.5 Å². The second kappa shape index (κ2) is 6.24. The number of halogens is 1. The molecule has 1 aliphatic rings. The Morgan fingerprint density at radius 2 is 2.05 bits per heavy atom. The number of carbonyl (C=O) groups excluding carboxylic acids is 1. The van der Waals surface area contributed by atoms with Crippen molar-refractivity contribution in [1.82, 2.24) is 9.88 Å². The monoisotopic (exact) mass is 283 g/mol. The predicted molar refractivity (Wildman–Crippen MR) is 79.4 cm³/mol. The van der Waals surface area contributed by atoms with Crippen LogP contribution in [0.4, 0.5) is 5.82 Å². The summed E-state index contributed by atoms with van der Waals surface area (Å²) in [6, 6.07) is 5.20. The maximum absolute atomic E-state index is 12.3. The van der Waals surface area contributed by atoms with Gasteiger partial charge in [-0.2, -0.15) is 0 Å². The van der Waals surface area contributed by atoms with Gasteiger partial charge in [0, 0.05) is 13.1 Å². The Kier molecular flexibility index (Phi) is 5.18. The summed E-state index contributed by atoms with van der Waals surface area (Å²) in [7, 11) is 0. The van der Waals surface area contributed by atoms with Crippen molar-refractivity contribution in [2.45, 2.75) is 33.1 Å². The van der Waals surface area contributed by atoms with Gasteiger partial charge in [-0.3, -0.25) is 4.79 Å². The van der Waals surface area contributed by atoms with Crippen molar-refractivity contribution in [3.63, 3.8) is 0 Å². The summed E-state index contributed by atoms with van der Waals surface area (Å²) in [6.07, 6.45) is 3.31. The first-order valence-electron chi connectivity index (χ1n) is 6.56. The summed E-state index contributed by atoms with van der Waals surface area (Å²) in [5, 5.41) is 0. The number of nitrogens with zero attached hydrogens (tertiary/aromatic N) is 2. The molecule has 4 nitrogen and oxygen atoms in total. The third-order valence-electron chi connectivity index (χ3n) is 4.10. The van der Waals surface area contributed by atoms with Gasteiger partial charge in [0.05, 0.1) is 0 Å². The number of rotatable bonds is 2. The van der Waals surface area contributed by atoms with Crippen LogP contribution in [-0.2, 0) is 0 Å². The van der Waals surface area contributed by atoms with E-state index in [2.05, 4.69) is 18.8 Å². The Balaban J connectivity index is 0.00000180. The third kappa shape index (κ3) is 3.60. The number of carbonyl (C=O) groups is 1. The molecule has 1 fully saturated rings. The van der Waals surface area contributed by atoms with Crippen LogP contribution in [0.25, 0.3) is 0 Å². The molecule has 5 heteroatoms. The molecule has 0 aromatic carbocycles. The Hall–Kier alpha value is -1.29. The lowest BCUT2D eigenvalue weighted by Gasteiger charge is -2.38. The van der Waals surface area contributed by atoms with Crippen LogP contribution >= 0.6 is 12.4 Å². The van der Waals surface area contributed by atoms with E-state index in [9.17, 15) is 4.79 Å². The Labute approximate surface area is 120 Å². The largest absolute Gasteiger partial charge is 0.384 e. The molecule has 0 unspecified atom stereocenters. The van der Waals surface area contributed by atoms with Crippen LogP contribution < -0.4 is 5.73 Å². The van der Waals surface area contributed by atoms with E-state index in [4.69, 9.17) is 5.73 Å². The summed E-state index contributed by atoms with van der Waals surface area (Å²) < 4.78 is 0. The molecule has 0 atom stereocenters. The van der Waals surface area contributed by atoms with Crippen LogP contribution in [0, 0.1) is 5.41 Å². The van der Waals surface area contributed by atoms with Crippen molar-refractivity contribution < 1.29 is 4.79 Å². The summed E-state index contributed by atoms with van der Waals surface area (Å²) in [4.78, 5) is 18.2. The normalized spacial score (nSPS) is 17.7. The quantitative estimate of drug-likeness (QED) is 0.908. The van der Waals surface area contributed by atoms with Gasteiger partial charge in [-0.25, -0.2) is 4.98 Å². The zero-order valence-electron chi connectivity index (χ0n) is 11.6. The number of nitrogen functional groups attached to an aromatic ring is 1. The fraction of sp³-hybridized carbons (Fsp3) is 0.571. The van der Waals surface area contributed by atoms with Crippen LogP contribution in [0.2, 0.25) is 0 Å². The van der Waals surface area contributed by atoms with Crippen LogP contribution in [0.3, 0.4) is 0 Å². The molecule has 2 rings (SSSR count). The summed E-state index contributed by atoms with van der Waals surface area (Å²) >= 11 is 0. The number of anilines is 1. The highest BCUT2D eigenvalue weighted by atomic mass is 35.5. The first kappa shape index (κ1) is 15.8. The number of likely N-dealkylation sites (tertiary alicyclic amines) is 1. The van der Waals surface area contributed by atoms with Gasteiger partial charge >= 0.3 is 0 Å². The van der Waals surface area contributed by atoms with Crippen LogP contribution in [0.5, 0.6) is 0 Å². The minimum Gasteiger partial charge on any atom is -0.384 e.